The number of aliphatic hydroxyl groups is 1. The molecule has 2 rings (SSSR count). The molecule has 1 unspecified atom stereocenters. The van der Waals surface area contributed by atoms with Gasteiger partial charge in [-0.2, -0.15) is 0 Å². The summed E-state index contributed by atoms with van der Waals surface area (Å²) in [7, 11) is 0. The Balaban J connectivity index is 2.24. The van der Waals surface area contributed by atoms with E-state index in [9.17, 15) is 5.11 Å². The first-order chi connectivity index (χ1) is 9.24. The van der Waals surface area contributed by atoms with E-state index in [-0.39, 0.29) is 12.6 Å². The number of hydrogen-bond donors (Lipinski definition) is 2. The van der Waals surface area contributed by atoms with Crippen molar-refractivity contribution in [2.24, 2.45) is 0 Å². The molecule has 0 radical (unpaired) electrons. The van der Waals surface area contributed by atoms with Crippen LogP contribution in [0.5, 0.6) is 0 Å². The maximum atomic E-state index is 9.37. The number of aliphatic hydroxyl groups excluding tert-OH is 1. The molecule has 0 bridgehead atoms. The minimum atomic E-state index is 0.0537. The van der Waals surface area contributed by atoms with E-state index in [1.54, 1.807) is 0 Å². The van der Waals surface area contributed by atoms with Gasteiger partial charge in [0.05, 0.1) is 12.6 Å². The number of nitrogens with one attached hydrogen (secondary N) is 1. The summed E-state index contributed by atoms with van der Waals surface area (Å²) in [6.45, 7) is 2.21. The van der Waals surface area contributed by atoms with E-state index in [1.165, 1.54) is 5.56 Å². The molecule has 2 nitrogen and oxygen atoms in total. The molecule has 0 aliphatic heterocycles. The van der Waals surface area contributed by atoms with Crippen LogP contribution >= 0.6 is 15.9 Å². The highest BCUT2D eigenvalue weighted by Crippen LogP contribution is 2.26. The summed E-state index contributed by atoms with van der Waals surface area (Å²) in [4.78, 5) is 0. The molecule has 19 heavy (non-hydrogen) atoms. The lowest BCUT2D eigenvalue weighted by molar-refractivity contribution is 0.282. The lowest BCUT2D eigenvalue weighted by Gasteiger charge is -2.20. The minimum Gasteiger partial charge on any atom is -0.392 e. The van der Waals surface area contributed by atoms with Gasteiger partial charge >= 0.3 is 0 Å². The SMILES string of the molecule is CCC(Nc1ccccc1CO)c1cccc(Br)c1. The van der Waals surface area contributed by atoms with Crippen molar-refractivity contribution in [3.63, 3.8) is 0 Å². The van der Waals surface area contributed by atoms with Crippen LogP contribution < -0.4 is 5.32 Å². The Morgan fingerprint density at radius 1 is 1.16 bits per heavy atom. The quantitative estimate of drug-likeness (QED) is 0.850. The van der Waals surface area contributed by atoms with Gasteiger partial charge in [-0.15, -0.1) is 0 Å². The molecule has 0 aliphatic rings. The van der Waals surface area contributed by atoms with Gasteiger partial charge in [0.2, 0.25) is 0 Å². The average Bonchev–Trinajstić information content (AvgIpc) is 2.45. The van der Waals surface area contributed by atoms with Gasteiger partial charge < -0.3 is 10.4 Å². The second kappa shape index (κ2) is 6.73. The van der Waals surface area contributed by atoms with Crippen molar-refractivity contribution in [3.8, 4) is 0 Å². The Labute approximate surface area is 122 Å². The molecule has 0 spiro atoms. The number of rotatable bonds is 5. The lowest BCUT2D eigenvalue weighted by atomic mass is 10.0. The third kappa shape index (κ3) is 3.58. The van der Waals surface area contributed by atoms with E-state index in [1.807, 2.05) is 36.4 Å². The minimum absolute atomic E-state index is 0.0537. The van der Waals surface area contributed by atoms with Crippen molar-refractivity contribution in [2.45, 2.75) is 26.0 Å². The van der Waals surface area contributed by atoms with Gasteiger partial charge in [0, 0.05) is 15.7 Å². The van der Waals surface area contributed by atoms with E-state index in [2.05, 4.69) is 40.3 Å². The molecule has 0 heterocycles. The molecule has 1 atom stereocenters. The van der Waals surface area contributed by atoms with Gasteiger partial charge in [0.15, 0.2) is 0 Å². The Morgan fingerprint density at radius 2 is 1.95 bits per heavy atom. The molecular weight excluding hydrogens is 302 g/mol. The zero-order valence-corrected chi connectivity index (χ0v) is 12.5. The maximum absolute atomic E-state index is 9.37. The highest BCUT2D eigenvalue weighted by Gasteiger charge is 2.11. The molecule has 2 N–H and O–H groups in total. The number of para-hydroxylation sites is 1. The smallest absolute Gasteiger partial charge is 0.0701 e. The van der Waals surface area contributed by atoms with Gasteiger partial charge in [-0.1, -0.05) is 53.2 Å². The first kappa shape index (κ1) is 14.1. The highest BCUT2D eigenvalue weighted by atomic mass is 79.9. The van der Waals surface area contributed by atoms with Crippen LogP contribution in [0.2, 0.25) is 0 Å². The second-order valence-corrected chi connectivity index (χ2v) is 5.39. The molecule has 3 heteroatoms. The predicted octanol–water partition coefficient (Wildman–Crippen LogP) is 4.50. The maximum Gasteiger partial charge on any atom is 0.0701 e. The van der Waals surface area contributed by atoms with E-state index < -0.39 is 0 Å². The summed E-state index contributed by atoms with van der Waals surface area (Å²) in [6, 6.07) is 16.4. The number of benzene rings is 2. The van der Waals surface area contributed by atoms with Crippen molar-refractivity contribution in [1.29, 1.82) is 0 Å². The van der Waals surface area contributed by atoms with Crippen molar-refractivity contribution >= 4 is 21.6 Å². The van der Waals surface area contributed by atoms with E-state index >= 15 is 0 Å². The number of halogens is 1. The molecule has 0 saturated carbocycles. The molecule has 0 aromatic heterocycles. The highest BCUT2D eigenvalue weighted by molar-refractivity contribution is 9.10. The van der Waals surface area contributed by atoms with Gasteiger partial charge in [-0.3, -0.25) is 0 Å². The Morgan fingerprint density at radius 3 is 2.63 bits per heavy atom. The van der Waals surface area contributed by atoms with Crippen molar-refractivity contribution in [2.75, 3.05) is 5.32 Å². The van der Waals surface area contributed by atoms with Crippen LogP contribution in [0.1, 0.15) is 30.5 Å². The fraction of sp³-hybridized carbons (Fsp3) is 0.250. The molecule has 0 saturated heterocycles. The fourth-order valence-corrected chi connectivity index (χ4v) is 2.55. The Bertz CT molecular complexity index is 542. The van der Waals surface area contributed by atoms with Crippen LogP contribution in [0.15, 0.2) is 53.0 Å². The van der Waals surface area contributed by atoms with E-state index in [4.69, 9.17) is 0 Å². The average molecular weight is 320 g/mol. The Kier molecular flexibility index (Phi) is 5.00. The van der Waals surface area contributed by atoms with Crippen LogP contribution in [0.25, 0.3) is 0 Å². The molecule has 0 amide bonds. The molecule has 2 aromatic carbocycles. The first-order valence-electron chi connectivity index (χ1n) is 6.45. The summed E-state index contributed by atoms with van der Waals surface area (Å²) in [5, 5.41) is 12.9. The van der Waals surface area contributed by atoms with Crippen molar-refractivity contribution in [1.82, 2.24) is 0 Å². The third-order valence-electron chi connectivity index (χ3n) is 3.18. The summed E-state index contributed by atoms with van der Waals surface area (Å²) >= 11 is 3.51. The second-order valence-electron chi connectivity index (χ2n) is 4.48. The summed E-state index contributed by atoms with van der Waals surface area (Å²) in [5.74, 6) is 0. The zero-order valence-electron chi connectivity index (χ0n) is 10.9. The van der Waals surface area contributed by atoms with Gasteiger partial charge in [0.1, 0.15) is 0 Å². The number of anilines is 1. The molecule has 0 aliphatic carbocycles. The van der Waals surface area contributed by atoms with Crippen LogP contribution in [-0.2, 0) is 6.61 Å². The summed E-state index contributed by atoms with van der Waals surface area (Å²) in [5.41, 5.74) is 3.16. The van der Waals surface area contributed by atoms with E-state index in [0.29, 0.717) is 0 Å². The fourth-order valence-electron chi connectivity index (χ4n) is 2.13. The van der Waals surface area contributed by atoms with Crippen LogP contribution in [0, 0.1) is 0 Å². The number of hydrogen-bond acceptors (Lipinski definition) is 2. The van der Waals surface area contributed by atoms with Gasteiger partial charge in [-0.05, 0) is 30.2 Å². The largest absolute Gasteiger partial charge is 0.392 e. The Hall–Kier alpha value is -1.32. The van der Waals surface area contributed by atoms with Gasteiger partial charge in [0.25, 0.3) is 0 Å². The van der Waals surface area contributed by atoms with E-state index in [0.717, 1.165) is 22.1 Å². The molecule has 0 fully saturated rings. The summed E-state index contributed by atoms with van der Waals surface area (Å²) < 4.78 is 1.08. The van der Waals surface area contributed by atoms with Gasteiger partial charge in [-0.25, -0.2) is 0 Å². The topological polar surface area (TPSA) is 32.3 Å². The standard InChI is InChI=1S/C16H18BrNO/c1-2-15(12-7-5-8-14(17)10-12)18-16-9-4-3-6-13(16)11-19/h3-10,15,18-19H,2,11H2,1H3. The van der Waals surface area contributed by atoms with Crippen molar-refractivity contribution < 1.29 is 5.11 Å². The first-order valence-corrected chi connectivity index (χ1v) is 7.24. The monoisotopic (exact) mass is 319 g/mol. The molecule has 100 valence electrons. The zero-order chi connectivity index (χ0) is 13.7. The van der Waals surface area contributed by atoms with Crippen LogP contribution in [0.4, 0.5) is 5.69 Å². The molecular formula is C16H18BrNO. The predicted molar refractivity (Wildman–Crippen MR) is 83.2 cm³/mol. The normalized spacial score (nSPS) is 12.2. The van der Waals surface area contributed by atoms with Crippen LogP contribution in [-0.4, -0.2) is 5.11 Å². The van der Waals surface area contributed by atoms with Crippen molar-refractivity contribution in [3.05, 3.63) is 64.1 Å². The lowest BCUT2D eigenvalue weighted by Crippen LogP contribution is -2.11. The molecule has 2 aromatic rings. The van der Waals surface area contributed by atoms with Crippen LogP contribution in [0.3, 0.4) is 0 Å². The third-order valence-corrected chi connectivity index (χ3v) is 3.67. The summed E-state index contributed by atoms with van der Waals surface area (Å²) in [6.07, 6.45) is 0.982.